The molecule has 4 rings (SSSR count). The van der Waals surface area contributed by atoms with E-state index in [2.05, 4.69) is 5.32 Å². The van der Waals surface area contributed by atoms with Crippen LogP contribution in [0.1, 0.15) is 38.2 Å². The van der Waals surface area contributed by atoms with Crippen LogP contribution in [0.4, 0.5) is 11.4 Å². The second-order valence-electron chi connectivity index (χ2n) is 9.88. The number of carbonyl (C=O) groups is 2. The Morgan fingerprint density at radius 3 is 2.22 bits per heavy atom. The average Bonchev–Trinajstić information content (AvgIpc) is 3.48. The van der Waals surface area contributed by atoms with Gasteiger partial charge in [0, 0.05) is 29.7 Å². The van der Waals surface area contributed by atoms with Crippen LogP contribution in [0.5, 0.6) is 0 Å². The Hall–Kier alpha value is -3.96. The molecule has 0 heterocycles. The molecule has 12 heteroatoms. The van der Waals surface area contributed by atoms with Crippen LogP contribution in [0.2, 0.25) is 5.02 Å². The number of nitrogens with zero attached hydrogens (tertiary/aromatic N) is 3. The molecule has 3 aromatic rings. The number of halogens is 1. The van der Waals surface area contributed by atoms with Gasteiger partial charge >= 0.3 is 0 Å². The first kappa shape index (κ1) is 30.0. The Labute approximate surface area is 244 Å². The highest BCUT2D eigenvalue weighted by Gasteiger charge is 2.33. The number of sulfonamides is 1. The minimum Gasteiger partial charge on any atom is -0.352 e. The summed E-state index contributed by atoms with van der Waals surface area (Å²) in [5.74, 6) is -0.984. The van der Waals surface area contributed by atoms with Gasteiger partial charge in [0.05, 0.1) is 15.5 Å². The summed E-state index contributed by atoms with van der Waals surface area (Å²) in [5, 5.41) is 14.6. The molecule has 216 valence electrons. The summed E-state index contributed by atoms with van der Waals surface area (Å²) in [6.07, 6.45) is 3.76. The number of nitro groups is 1. The van der Waals surface area contributed by atoms with Crippen molar-refractivity contribution in [1.29, 1.82) is 0 Å². The molecule has 1 aliphatic carbocycles. The first-order valence-corrected chi connectivity index (χ1v) is 15.0. The number of rotatable bonds is 11. The molecule has 1 fully saturated rings. The number of carbonyl (C=O) groups excluding carboxylic acids is 2. The molecular formula is C29H31ClN4O6S. The smallest absolute Gasteiger partial charge is 0.269 e. The fraction of sp³-hybridized carbons (Fsp3) is 0.310. The Morgan fingerprint density at radius 1 is 1.00 bits per heavy atom. The summed E-state index contributed by atoms with van der Waals surface area (Å²) < 4.78 is 28.5. The quantitative estimate of drug-likeness (QED) is 0.246. The number of benzene rings is 3. The number of non-ortho nitro benzene ring substituents is 1. The van der Waals surface area contributed by atoms with Crippen molar-refractivity contribution in [3.63, 3.8) is 0 Å². The molecular weight excluding hydrogens is 568 g/mol. The van der Waals surface area contributed by atoms with Gasteiger partial charge in [0.1, 0.15) is 12.6 Å². The first-order chi connectivity index (χ1) is 19.6. The van der Waals surface area contributed by atoms with Crippen molar-refractivity contribution in [2.24, 2.45) is 0 Å². The number of nitrogens with one attached hydrogen (secondary N) is 1. The van der Waals surface area contributed by atoms with E-state index in [4.69, 9.17) is 11.6 Å². The Bertz CT molecular complexity index is 1500. The topological polar surface area (TPSA) is 130 Å². The summed E-state index contributed by atoms with van der Waals surface area (Å²) in [4.78, 5) is 39.1. The number of hydrogen-bond acceptors (Lipinski definition) is 6. The summed E-state index contributed by atoms with van der Waals surface area (Å²) >= 11 is 6.39. The maximum Gasteiger partial charge on any atom is 0.269 e. The normalized spacial score (nSPS) is 14.3. The summed E-state index contributed by atoms with van der Waals surface area (Å²) in [6.45, 7) is 0.915. The lowest BCUT2D eigenvalue weighted by atomic mass is 10.1. The van der Waals surface area contributed by atoms with E-state index in [0.717, 1.165) is 30.0 Å². The standard InChI is InChI=1S/C29H31ClN4O6S/c1-21(29(36)31-23-10-6-7-11-23)32(19-22-9-5-8-14-27(22)30)28(35)20-33(24-15-17-25(18-16-24)34(37)38)41(39,40)26-12-3-2-4-13-26/h2-5,8-9,12-18,21,23H,6-7,10-11,19-20H2,1H3,(H,31,36)/t21-/m0/s1. The Balaban J connectivity index is 1.70. The van der Waals surface area contributed by atoms with Crippen molar-refractivity contribution < 1.29 is 22.9 Å². The summed E-state index contributed by atoms with van der Waals surface area (Å²) in [6, 6.07) is 18.5. The minimum atomic E-state index is -4.27. The first-order valence-electron chi connectivity index (χ1n) is 13.2. The van der Waals surface area contributed by atoms with E-state index in [-0.39, 0.29) is 34.8 Å². The van der Waals surface area contributed by atoms with Crippen LogP contribution in [-0.4, -0.2) is 48.7 Å². The van der Waals surface area contributed by atoms with Gasteiger partial charge in [0.15, 0.2) is 0 Å². The second-order valence-corrected chi connectivity index (χ2v) is 12.1. The molecule has 0 spiro atoms. The molecule has 0 bridgehead atoms. The predicted octanol–water partition coefficient (Wildman–Crippen LogP) is 4.92. The van der Waals surface area contributed by atoms with Crippen LogP contribution in [0.25, 0.3) is 0 Å². The second kappa shape index (κ2) is 13.1. The fourth-order valence-corrected chi connectivity index (χ4v) is 6.40. The van der Waals surface area contributed by atoms with Gasteiger partial charge in [0.2, 0.25) is 11.8 Å². The molecule has 10 nitrogen and oxygen atoms in total. The molecule has 0 aliphatic heterocycles. The zero-order valence-corrected chi connectivity index (χ0v) is 24.1. The zero-order valence-electron chi connectivity index (χ0n) is 22.5. The molecule has 1 saturated carbocycles. The van der Waals surface area contributed by atoms with Gasteiger partial charge in [-0.05, 0) is 55.7 Å². The van der Waals surface area contributed by atoms with Crippen molar-refractivity contribution in [3.05, 3.63) is 99.6 Å². The SMILES string of the molecule is C[C@@H](C(=O)NC1CCCC1)N(Cc1ccccc1Cl)C(=O)CN(c1ccc([N+](=O)[O-])cc1)S(=O)(=O)c1ccccc1. The number of nitro benzene ring substituents is 1. The largest absolute Gasteiger partial charge is 0.352 e. The lowest BCUT2D eigenvalue weighted by molar-refractivity contribution is -0.384. The van der Waals surface area contributed by atoms with E-state index >= 15 is 0 Å². The van der Waals surface area contributed by atoms with E-state index in [1.807, 2.05) is 0 Å². The third-order valence-corrected chi connectivity index (χ3v) is 9.28. The van der Waals surface area contributed by atoms with Crippen molar-refractivity contribution in [1.82, 2.24) is 10.2 Å². The van der Waals surface area contributed by atoms with E-state index in [0.29, 0.717) is 10.6 Å². The zero-order chi connectivity index (χ0) is 29.6. The van der Waals surface area contributed by atoms with Crippen molar-refractivity contribution in [2.75, 3.05) is 10.8 Å². The molecule has 1 N–H and O–H groups in total. The molecule has 3 aromatic carbocycles. The summed E-state index contributed by atoms with van der Waals surface area (Å²) in [7, 11) is -4.27. The minimum absolute atomic E-state index is 0.0253. The van der Waals surface area contributed by atoms with Crippen LogP contribution < -0.4 is 9.62 Å². The van der Waals surface area contributed by atoms with Gasteiger partial charge in [-0.3, -0.25) is 24.0 Å². The molecule has 0 radical (unpaired) electrons. The van der Waals surface area contributed by atoms with Gasteiger partial charge in [-0.25, -0.2) is 8.42 Å². The monoisotopic (exact) mass is 598 g/mol. The van der Waals surface area contributed by atoms with Gasteiger partial charge in [-0.1, -0.05) is 60.8 Å². The van der Waals surface area contributed by atoms with Gasteiger partial charge < -0.3 is 10.2 Å². The van der Waals surface area contributed by atoms with Crippen LogP contribution in [0.15, 0.2) is 83.8 Å². The van der Waals surface area contributed by atoms with Crippen LogP contribution >= 0.6 is 11.6 Å². The molecule has 0 unspecified atom stereocenters. The van der Waals surface area contributed by atoms with E-state index in [9.17, 15) is 28.1 Å². The summed E-state index contributed by atoms with van der Waals surface area (Å²) in [5.41, 5.74) is 0.430. The average molecular weight is 599 g/mol. The van der Waals surface area contributed by atoms with Gasteiger partial charge in [-0.2, -0.15) is 0 Å². The van der Waals surface area contributed by atoms with Crippen LogP contribution in [0.3, 0.4) is 0 Å². The highest BCUT2D eigenvalue weighted by molar-refractivity contribution is 7.92. The Kier molecular flexibility index (Phi) is 9.61. The highest BCUT2D eigenvalue weighted by atomic mass is 35.5. The van der Waals surface area contributed by atoms with Crippen molar-refractivity contribution in [2.45, 2.75) is 56.1 Å². The Morgan fingerprint density at radius 2 is 1.61 bits per heavy atom. The predicted molar refractivity (Wildman–Crippen MR) is 156 cm³/mol. The fourth-order valence-electron chi connectivity index (χ4n) is 4.77. The van der Waals surface area contributed by atoms with E-state index < -0.39 is 33.4 Å². The molecule has 41 heavy (non-hydrogen) atoms. The molecule has 1 aliphatic rings. The maximum atomic E-state index is 14.0. The lowest BCUT2D eigenvalue weighted by Crippen LogP contribution is -2.52. The molecule has 0 aromatic heterocycles. The number of hydrogen-bond donors (Lipinski definition) is 1. The van der Waals surface area contributed by atoms with E-state index in [1.54, 1.807) is 49.4 Å². The third kappa shape index (κ3) is 7.22. The molecule has 0 saturated heterocycles. The number of amides is 2. The van der Waals surface area contributed by atoms with Crippen LogP contribution in [0, 0.1) is 10.1 Å². The van der Waals surface area contributed by atoms with Gasteiger partial charge in [-0.15, -0.1) is 0 Å². The van der Waals surface area contributed by atoms with Crippen LogP contribution in [-0.2, 0) is 26.2 Å². The van der Waals surface area contributed by atoms with Gasteiger partial charge in [0.25, 0.3) is 15.7 Å². The maximum absolute atomic E-state index is 14.0. The molecule has 2 amide bonds. The molecule has 1 atom stereocenters. The third-order valence-electron chi connectivity index (χ3n) is 7.13. The lowest BCUT2D eigenvalue weighted by Gasteiger charge is -2.32. The van der Waals surface area contributed by atoms with E-state index in [1.165, 1.54) is 41.3 Å². The number of anilines is 1. The highest BCUT2D eigenvalue weighted by Crippen LogP contribution is 2.27. The van der Waals surface area contributed by atoms with Crippen molar-refractivity contribution >= 4 is 44.8 Å². The van der Waals surface area contributed by atoms with Crippen molar-refractivity contribution in [3.8, 4) is 0 Å².